The fourth-order valence-corrected chi connectivity index (χ4v) is 3.04. The average molecular weight is 347 g/mol. The molecule has 3 rings (SSSR count). The second-order valence-corrected chi connectivity index (χ2v) is 5.75. The number of carbonyl (C=O) groups is 2. The molecule has 0 heterocycles. The summed E-state index contributed by atoms with van der Waals surface area (Å²) in [4.78, 5) is 24.2. The average Bonchev–Trinajstić information content (AvgIpc) is 2.43. The van der Waals surface area contributed by atoms with Gasteiger partial charge in [-0.1, -0.05) is 36.4 Å². The van der Waals surface area contributed by atoms with Gasteiger partial charge in [0.1, 0.15) is 4.90 Å². The molecule has 5 nitrogen and oxygen atoms in total. The molecular weight excluding hydrogens is 339 g/mol. The molecule has 0 saturated heterocycles. The molecule has 0 aromatic heterocycles. The molecule has 1 aliphatic carbocycles. The normalized spacial score (nSPS) is 13.2. The van der Waals surface area contributed by atoms with E-state index in [2.05, 4.69) is 0 Å². The Labute approximate surface area is 130 Å². The van der Waals surface area contributed by atoms with Gasteiger partial charge in [0.2, 0.25) is 0 Å². The van der Waals surface area contributed by atoms with E-state index in [0.717, 1.165) is 6.07 Å². The second kappa shape index (κ2) is 5.19. The molecule has 7 heteroatoms. The minimum Gasteiger partial charge on any atom is -0.289 e. The standard InChI is InChI=1S/C14H8O5S.Co/c15-13-8-4-1-2-5-9(8)14(16)12-10(13)6-3-7-11(12)20(17,18)19;/h1-7H,(H,17,18,19);. The van der Waals surface area contributed by atoms with E-state index >= 15 is 0 Å². The zero-order valence-corrected chi connectivity index (χ0v) is 12.2. The van der Waals surface area contributed by atoms with Gasteiger partial charge in [0.25, 0.3) is 10.1 Å². The van der Waals surface area contributed by atoms with Crippen molar-refractivity contribution in [3.8, 4) is 0 Å². The molecule has 0 fully saturated rings. The van der Waals surface area contributed by atoms with Crippen molar-refractivity contribution in [2.45, 2.75) is 4.90 Å². The summed E-state index contributed by atoms with van der Waals surface area (Å²) in [7, 11) is -4.58. The Hall–Kier alpha value is -1.80. The van der Waals surface area contributed by atoms with Crippen molar-refractivity contribution < 1.29 is 39.3 Å². The van der Waals surface area contributed by atoms with Crippen LogP contribution in [-0.2, 0) is 26.9 Å². The number of benzene rings is 2. The van der Waals surface area contributed by atoms with E-state index in [0.29, 0.717) is 0 Å². The second-order valence-electron chi connectivity index (χ2n) is 4.36. The fourth-order valence-electron chi connectivity index (χ4n) is 2.33. The van der Waals surface area contributed by atoms with Crippen LogP contribution in [0.3, 0.4) is 0 Å². The summed E-state index contributed by atoms with van der Waals surface area (Å²) in [6, 6.07) is 9.99. The molecule has 2 aromatic carbocycles. The third kappa shape index (κ3) is 2.34. The third-order valence-electron chi connectivity index (χ3n) is 3.19. The quantitative estimate of drug-likeness (QED) is 0.677. The Bertz CT molecular complexity index is 871. The van der Waals surface area contributed by atoms with E-state index in [1.807, 2.05) is 0 Å². The molecular formula is C14H8CoO5S. The molecule has 109 valence electrons. The minimum atomic E-state index is -4.58. The zero-order chi connectivity index (χ0) is 14.5. The van der Waals surface area contributed by atoms with Crippen molar-refractivity contribution in [1.82, 2.24) is 0 Å². The van der Waals surface area contributed by atoms with E-state index in [1.165, 1.54) is 24.3 Å². The Balaban J connectivity index is 0.00000161. The maximum absolute atomic E-state index is 12.4. The maximum atomic E-state index is 12.4. The van der Waals surface area contributed by atoms with Gasteiger partial charge in [-0.3, -0.25) is 14.1 Å². The number of fused-ring (bicyclic) bond motifs is 2. The first-order valence-electron chi connectivity index (χ1n) is 5.70. The van der Waals surface area contributed by atoms with Crippen molar-refractivity contribution >= 4 is 21.7 Å². The fraction of sp³-hybridized carbons (Fsp3) is 0. The van der Waals surface area contributed by atoms with Crippen molar-refractivity contribution in [2.24, 2.45) is 0 Å². The SMILES string of the molecule is O=C1c2ccccc2C(=O)c2c1cccc2S(=O)(=O)O.[Co]. The first kappa shape index (κ1) is 15.6. The van der Waals surface area contributed by atoms with Crippen LogP contribution in [0.1, 0.15) is 31.8 Å². The van der Waals surface area contributed by atoms with E-state index in [4.69, 9.17) is 0 Å². The smallest absolute Gasteiger partial charge is 0.289 e. The maximum Gasteiger partial charge on any atom is 0.295 e. The van der Waals surface area contributed by atoms with Crippen molar-refractivity contribution in [1.29, 1.82) is 0 Å². The monoisotopic (exact) mass is 347 g/mol. The molecule has 0 saturated carbocycles. The molecule has 0 atom stereocenters. The Kier molecular flexibility index (Phi) is 3.85. The molecule has 0 aliphatic heterocycles. The van der Waals surface area contributed by atoms with Crippen LogP contribution >= 0.6 is 0 Å². The molecule has 0 spiro atoms. The first-order valence-corrected chi connectivity index (χ1v) is 7.14. The van der Waals surface area contributed by atoms with Crippen LogP contribution in [0.2, 0.25) is 0 Å². The van der Waals surface area contributed by atoms with Crippen LogP contribution in [0, 0.1) is 0 Å². The Morgan fingerprint density at radius 1 is 0.762 bits per heavy atom. The molecule has 1 N–H and O–H groups in total. The summed E-state index contributed by atoms with van der Waals surface area (Å²) in [5, 5.41) is 0. The van der Waals surface area contributed by atoms with E-state index in [-0.39, 0.29) is 39.0 Å². The van der Waals surface area contributed by atoms with Gasteiger partial charge < -0.3 is 0 Å². The molecule has 2 aromatic rings. The van der Waals surface area contributed by atoms with Crippen molar-refractivity contribution in [3.05, 3.63) is 64.7 Å². The predicted octanol–water partition coefficient (Wildman–Crippen LogP) is 1.71. The number of carbonyl (C=O) groups excluding carboxylic acids is 2. The molecule has 1 aliphatic rings. The van der Waals surface area contributed by atoms with Gasteiger partial charge in [-0.05, 0) is 6.07 Å². The summed E-state index contributed by atoms with van der Waals surface area (Å²) < 4.78 is 31.9. The zero-order valence-electron chi connectivity index (χ0n) is 10.4. The number of ketones is 2. The van der Waals surface area contributed by atoms with Gasteiger partial charge in [0, 0.05) is 33.5 Å². The van der Waals surface area contributed by atoms with Gasteiger partial charge in [0.05, 0.1) is 5.56 Å². The van der Waals surface area contributed by atoms with Crippen LogP contribution < -0.4 is 0 Å². The summed E-state index contributed by atoms with van der Waals surface area (Å²) in [6.07, 6.45) is 0. The molecule has 0 unspecified atom stereocenters. The van der Waals surface area contributed by atoms with Gasteiger partial charge in [-0.15, -0.1) is 0 Å². The third-order valence-corrected chi connectivity index (χ3v) is 4.09. The number of hydrogen-bond acceptors (Lipinski definition) is 4. The summed E-state index contributed by atoms with van der Waals surface area (Å²) in [5.41, 5.74) is 0.0983. The first-order chi connectivity index (χ1) is 9.41. The van der Waals surface area contributed by atoms with E-state index in [1.54, 1.807) is 12.1 Å². The van der Waals surface area contributed by atoms with Crippen molar-refractivity contribution in [3.63, 3.8) is 0 Å². The molecule has 1 radical (unpaired) electrons. The number of hydrogen-bond donors (Lipinski definition) is 1. The topological polar surface area (TPSA) is 88.5 Å². The number of rotatable bonds is 1. The van der Waals surface area contributed by atoms with Gasteiger partial charge in [-0.25, -0.2) is 0 Å². The van der Waals surface area contributed by atoms with E-state index < -0.39 is 26.6 Å². The molecule has 21 heavy (non-hydrogen) atoms. The van der Waals surface area contributed by atoms with Crippen LogP contribution in [0.25, 0.3) is 0 Å². The van der Waals surface area contributed by atoms with Gasteiger partial charge in [-0.2, -0.15) is 8.42 Å². The predicted molar refractivity (Wildman–Crippen MR) is 69.6 cm³/mol. The minimum absolute atomic E-state index is 0. The Morgan fingerprint density at radius 2 is 1.29 bits per heavy atom. The summed E-state index contributed by atoms with van der Waals surface area (Å²) in [6.45, 7) is 0. The van der Waals surface area contributed by atoms with Crippen LogP contribution in [0.15, 0.2) is 47.4 Å². The van der Waals surface area contributed by atoms with E-state index in [9.17, 15) is 22.6 Å². The Morgan fingerprint density at radius 3 is 1.86 bits per heavy atom. The van der Waals surface area contributed by atoms with Gasteiger partial charge >= 0.3 is 0 Å². The summed E-state index contributed by atoms with van der Waals surface area (Å²) >= 11 is 0. The van der Waals surface area contributed by atoms with Crippen LogP contribution in [0.4, 0.5) is 0 Å². The molecule has 0 amide bonds. The van der Waals surface area contributed by atoms with Crippen LogP contribution in [0.5, 0.6) is 0 Å². The van der Waals surface area contributed by atoms with Gasteiger partial charge in [0.15, 0.2) is 11.6 Å². The summed E-state index contributed by atoms with van der Waals surface area (Å²) in [5.74, 6) is -1.01. The van der Waals surface area contributed by atoms with Crippen molar-refractivity contribution in [2.75, 3.05) is 0 Å². The van der Waals surface area contributed by atoms with Crippen LogP contribution in [-0.4, -0.2) is 24.5 Å². The largest absolute Gasteiger partial charge is 0.295 e. The molecule has 0 bridgehead atoms.